The molecule has 0 saturated carbocycles. The molecule has 0 bridgehead atoms. The number of hydrogen-bond acceptors (Lipinski definition) is 4. The Morgan fingerprint density at radius 2 is 1.93 bits per heavy atom. The summed E-state index contributed by atoms with van der Waals surface area (Å²) in [5.41, 5.74) is 4.38. The van der Waals surface area contributed by atoms with Crippen LogP contribution in [0.4, 0.5) is 0 Å². The minimum Gasteiger partial charge on any atom is -0.385 e. The summed E-state index contributed by atoms with van der Waals surface area (Å²) in [7, 11) is 1.61. The zero-order valence-corrected chi connectivity index (χ0v) is 17.1. The topological polar surface area (TPSA) is 79.9 Å². The van der Waals surface area contributed by atoms with Gasteiger partial charge in [-0.25, -0.2) is 4.68 Å². The Morgan fingerprint density at radius 1 is 1.20 bits per heavy atom. The molecule has 0 saturated heterocycles. The van der Waals surface area contributed by atoms with Gasteiger partial charge in [-0.05, 0) is 37.1 Å². The number of para-hydroxylation sites is 1. The third-order valence-corrected chi connectivity index (χ3v) is 4.64. The van der Waals surface area contributed by atoms with Gasteiger partial charge in [-0.15, -0.1) is 0 Å². The van der Waals surface area contributed by atoms with Crippen LogP contribution in [0.5, 0.6) is 0 Å². The number of methoxy groups -OCH3 is 1. The van der Waals surface area contributed by atoms with Crippen LogP contribution in [-0.4, -0.2) is 35.9 Å². The van der Waals surface area contributed by atoms with Crippen LogP contribution in [0.25, 0.3) is 23.0 Å². The van der Waals surface area contributed by atoms with Crippen molar-refractivity contribution in [3.8, 4) is 23.0 Å². The summed E-state index contributed by atoms with van der Waals surface area (Å²) in [6, 6.07) is 19.7. The molecule has 0 radical (unpaired) electrons. The molecular formula is C24H24N4O2. The van der Waals surface area contributed by atoms with Gasteiger partial charge in [0.2, 0.25) is 0 Å². The first kappa shape index (κ1) is 21.0. The third kappa shape index (κ3) is 5.02. The Kier molecular flexibility index (Phi) is 7.14. The van der Waals surface area contributed by atoms with Crippen molar-refractivity contribution >= 4 is 12.0 Å². The van der Waals surface area contributed by atoms with Crippen LogP contribution in [-0.2, 0) is 9.53 Å². The van der Waals surface area contributed by atoms with Gasteiger partial charge >= 0.3 is 0 Å². The zero-order chi connectivity index (χ0) is 21.3. The van der Waals surface area contributed by atoms with Crippen LogP contribution in [0.15, 0.2) is 66.4 Å². The number of aryl methyl sites for hydroxylation is 1. The largest absolute Gasteiger partial charge is 0.385 e. The molecule has 6 nitrogen and oxygen atoms in total. The summed E-state index contributed by atoms with van der Waals surface area (Å²) in [4.78, 5) is 12.5. The maximum Gasteiger partial charge on any atom is 0.261 e. The average molecular weight is 400 g/mol. The van der Waals surface area contributed by atoms with E-state index in [1.807, 2.05) is 73.8 Å². The average Bonchev–Trinajstić information content (AvgIpc) is 3.19. The number of carbonyl (C=O) groups excluding carboxylic acids is 1. The number of nitrogens with zero attached hydrogens (tertiary/aromatic N) is 3. The first-order valence-corrected chi connectivity index (χ1v) is 9.74. The summed E-state index contributed by atoms with van der Waals surface area (Å²) < 4.78 is 6.75. The van der Waals surface area contributed by atoms with E-state index in [9.17, 15) is 10.1 Å². The quantitative estimate of drug-likeness (QED) is 0.353. The maximum atomic E-state index is 12.5. The molecule has 1 amide bonds. The summed E-state index contributed by atoms with van der Waals surface area (Å²) in [5, 5.41) is 17.1. The molecule has 1 N–H and O–H groups in total. The SMILES string of the molecule is COCCCNC(=O)/C(C#N)=C/c1cn(-c2ccccc2)nc1-c1ccccc1C. The number of ether oxygens (including phenoxy) is 1. The molecule has 3 rings (SSSR count). The van der Waals surface area contributed by atoms with E-state index in [1.165, 1.54) is 0 Å². The molecule has 1 aromatic heterocycles. The van der Waals surface area contributed by atoms with Crippen molar-refractivity contribution in [3.63, 3.8) is 0 Å². The second kappa shape index (κ2) is 10.2. The Hall–Kier alpha value is -3.69. The van der Waals surface area contributed by atoms with E-state index in [2.05, 4.69) is 5.32 Å². The van der Waals surface area contributed by atoms with Crippen molar-refractivity contribution in [1.29, 1.82) is 5.26 Å². The third-order valence-electron chi connectivity index (χ3n) is 4.64. The molecule has 0 atom stereocenters. The Morgan fingerprint density at radius 3 is 2.63 bits per heavy atom. The number of benzene rings is 2. The molecular weight excluding hydrogens is 376 g/mol. The summed E-state index contributed by atoms with van der Waals surface area (Å²) in [6.07, 6.45) is 4.12. The van der Waals surface area contributed by atoms with Crippen LogP contribution >= 0.6 is 0 Å². The first-order valence-electron chi connectivity index (χ1n) is 9.74. The molecule has 152 valence electrons. The molecule has 6 heteroatoms. The van der Waals surface area contributed by atoms with Gasteiger partial charge < -0.3 is 10.1 Å². The predicted molar refractivity (Wildman–Crippen MR) is 117 cm³/mol. The minimum absolute atomic E-state index is 0.0369. The smallest absolute Gasteiger partial charge is 0.261 e. The lowest BCUT2D eigenvalue weighted by atomic mass is 10.0. The number of nitrogens with one attached hydrogen (secondary N) is 1. The molecule has 0 aliphatic rings. The number of amides is 1. The Labute approximate surface area is 176 Å². The molecule has 0 spiro atoms. The standard InChI is InChI=1S/C24H24N4O2/c1-18-9-6-7-12-22(18)23-20(17-28(27-23)21-10-4-3-5-11-21)15-19(16-25)24(29)26-13-8-14-30-2/h3-7,9-12,15,17H,8,13-14H2,1-2H3,(H,26,29)/b19-15+. The van der Waals surface area contributed by atoms with Crippen LogP contribution in [0, 0.1) is 18.3 Å². The van der Waals surface area contributed by atoms with Crippen molar-refractivity contribution in [2.75, 3.05) is 20.3 Å². The van der Waals surface area contributed by atoms with Crippen molar-refractivity contribution in [2.24, 2.45) is 0 Å². The van der Waals surface area contributed by atoms with E-state index in [1.54, 1.807) is 17.9 Å². The van der Waals surface area contributed by atoms with Gasteiger partial charge in [-0.1, -0.05) is 42.5 Å². The van der Waals surface area contributed by atoms with Crippen molar-refractivity contribution < 1.29 is 9.53 Å². The lowest BCUT2D eigenvalue weighted by Gasteiger charge is -2.05. The molecule has 0 fully saturated rings. The van der Waals surface area contributed by atoms with Crippen LogP contribution in [0.2, 0.25) is 0 Å². The highest BCUT2D eigenvalue weighted by Gasteiger charge is 2.16. The van der Waals surface area contributed by atoms with Crippen molar-refractivity contribution in [2.45, 2.75) is 13.3 Å². The highest BCUT2D eigenvalue weighted by molar-refractivity contribution is 6.02. The molecule has 2 aromatic carbocycles. The number of rotatable bonds is 8. The maximum absolute atomic E-state index is 12.5. The van der Waals surface area contributed by atoms with Crippen molar-refractivity contribution in [1.82, 2.24) is 15.1 Å². The molecule has 1 heterocycles. The van der Waals surface area contributed by atoms with E-state index in [4.69, 9.17) is 9.84 Å². The van der Waals surface area contributed by atoms with Gasteiger partial charge in [-0.2, -0.15) is 10.4 Å². The van der Waals surface area contributed by atoms with Crippen LogP contribution < -0.4 is 5.32 Å². The summed E-state index contributed by atoms with van der Waals surface area (Å²) in [6.45, 7) is 3.00. The second-order valence-corrected chi connectivity index (χ2v) is 6.80. The monoisotopic (exact) mass is 400 g/mol. The van der Waals surface area contributed by atoms with E-state index >= 15 is 0 Å². The lowest BCUT2D eigenvalue weighted by Crippen LogP contribution is -2.26. The summed E-state index contributed by atoms with van der Waals surface area (Å²) in [5.74, 6) is -0.406. The van der Waals surface area contributed by atoms with Gasteiger partial charge in [0.1, 0.15) is 17.3 Å². The second-order valence-electron chi connectivity index (χ2n) is 6.80. The van der Waals surface area contributed by atoms with Crippen LogP contribution in [0.1, 0.15) is 17.5 Å². The van der Waals surface area contributed by atoms with E-state index in [-0.39, 0.29) is 5.57 Å². The van der Waals surface area contributed by atoms with Gasteiger partial charge in [0.15, 0.2) is 0 Å². The molecule has 0 unspecified atom stereocenters. The number of aromatic nitrogens is 2. The van der Waals surface area contributed by atoms with Gasteiger partial charge in [-0.3, -0.25) is 4.79 Å². The zero-order valence-electron chi connectivity index (χ0n) is 17.1. The highest BCUT2D eigenvalue weighted by Crippen LogP contribution is 2.28. The summed E-state index contributed by atoms with van der Waals surface area (Å²) >= 11 is 0. The van der Waals surface area contributed by atoms with Gasteiger partial charge in [0.05, 0.1) is 5.69 Å². The molecule has 0 aliphatic carbocycles. The number of hydrogen-bond donors (Lipinski definition) is 1. The molecule has 0 aliphatic heterocycles. The van der Waals surface area contributed by atoms with E-state index in [0.717, 1.165) is 22.5 Å². The molecule has 30 heavy (non-hydrogen) atoms. The lowest BCUT2D eigenvalue weighted by molar-refractivity contribution is -0.117. The fraction of sp³-hybridized carbons (Fsp3) is 0.208. The van der Waals surface area contributed by atoms with Crippen molar-refractivity contribution in [3.05, 3.63) is 77.5 Å². The predicted octanol–water partition coefficient (Wildman–Crippen LogP) is 3.91. The number of carbonyl (C=O) groups is 1. The Balaban J connectivity index is 2.00. The van der Waals surface area contributed by atoms with Crippen LogP contribution in [0.3, 0.4) is 0 Å². The minimum atomic E-state index is -0.406. The first-order chi connectivity index (χ1) is 14.6. The number of nitriles is 1. The normalized spacial score (nSPS) is 11.2. The van der Waals surface area contributed by atoms with Gasteiger partial charge in [0.25, 0.3) is 5.91 Å². The molecule has 3 aromatic rings. The fourth-order valence-corrected chi connectivity index (χ4v) is 3.07. The fourth-order valence-electron chi connectivity index (χ4n) is 3.07. The van der Waals surface area contributed by atoms with E-state index in [0.29, 0.717) is 25.1 Å². The highest BCUT2D eigenvalue weighted by atomic mass is 16.5. The van der Waals surface area contributed by atoms with Gasteiger partial charge in [0, 0.05) is 37.6 Å². The van der Waals surface area contributed by atoms with E-state index < -0.39 is 5.91 Å². The Bertz CT molecular complexity index is 1080.